The fourth-order valence-corrected chi connectivity index (χ4v) is 2.53. The Labute approximate surface area is 195 Å². The number of hydrogen-bond donors (Lipinski definition) is 7. The summed E-state index contributed by atoms with van der Waals surface area (Å²) in [6.45, 7) is -1.22. The second-order valence-corrected chi connectivity index (χ2v) is 6.69. The van der Waals surface area contributed by atoms with Crippen molar-refractivity contribution in [1.82, 2.24) is 4.72 Å². The third-order valence-corrected chi connectivity index (χ3v) is 4.12. The molecule has 175 valence electrons. The molecule has 2 aromatic carbocycles. The van der Waals surface area contributed by atoms with Gasteiger partial charge in [0.25, 0.3) is 0 Å². The molecule has 15 heteroatoms. The van der Waals surface area contributed by atoms with E-state index in [-0.39, 0.29) is 26.0 Å². The molecule has 1 radical (unpaired) electrons. The average Bonchev–Trinajstić information content (AvgIpc) is 2.70. The summed E-state index contributed by atoms with van der Waals surface area (Å²) < 4.78 is 33.2. The third kappa shape index (κ3) is 6.97. The molecule has 32 heavy (non-hydrogen) atoms. The topological polar surface area (TPSA) is 226 Å². The van der Waals surface area contributed by atoms with E-state index < -0.39 is 82.5 Å². The van der Waals surface area contributed by atoms with Gasteiger partial charge in [-0.15, -0.1) is 0 Å². The molecule has 13 nitrogen and oxygen atoms in total. The van der Waals surface area contributed by atoms with Crippen molar-refractivity contribution in [2.24, 2.45) is 0 Å². The van der Waals surface area contributed by atoms with Crippen LogP contribution in [-0.4, -0.2) is 70.6 Å². The SMILES string of the molecule is O=C(OCC(CNS(=O)[O-])OC(=O)c1cc(O)c(O)c(O)c1)c1cc(O)c(O)c(O)c1.[Re]. The van der Waals surface area contributed by atoms with Crippen molar-refractivity contribution in [3.05, 3.63) is 35.4 Å². The molecular weight excluding hydrogens is 628 g/mol. The number of carbonyl (C=O) groups is 2. The molecule has 7 N–H and O–H groups in total. The van der Waals surface area contributed by atoms with Crippen molar-refractivity contribution in [2.75, 3.05) is 13.2 Å². The van der Waals surface area contributed by atoms with E-state index in [2.05, 4.69) is 0 Å². The quantitative estimate of drug-likeness (QED) is 0.112. The molecule has 0 aliphatic carbocycles. The fourth-order valence-electron chi connectivity index (χ4n) is 2.21. The van der Waals surface area contributed by atoms with Crippen molar-refractivity contribution in [3.63, 3.8) is 0 Å². The van der Waals surface area contributed by atoms with Crippen molar-refractivity contribution in [1.29, 1.82) is 0 Å². The number of phenolic OH excluding ortho intramolecular Hbond substituents is 6. The predicted molar refractivity (Wildman–Crippen MR) is 99.3 cm³/mol. The van der Waals surface area contributed by atoms with Gasteiger partial charge in [-0.1, -0.05) is 0 Å². The zero-order valence-electron chi connectivity index (χ0n) is 15.7. The van der Waals surface area contributed by atoms with Gasteiger partial charge < -0.3 is 44.7 Å². The molecule has 0 aliphatic rings. The minimum Gasteiger partial charge on any atom is -0.760 e. The van der Waals surface area contributed by atoms with Crippen LogP contribution in [-0.2, 0) is 41.2 Å². The number of hydrogen-bond acceptors (Lipinski definition) is 12. The number of rotatable bonds is 8. The molecule has 0 saturated heterocycles. The Kier molecular flexibility index (Phi) is 9.69. The van der Waals surface area contributed by atoms with E-state index in [0.717, 1.165) is 24.3 Å². The maximum atomic E-state index is 12.2. The first-order valence-electron chi connectivity index (χ1n) is 8.20. The summed E-state index contributed by atoms with van der Waals surface area (Å²) in [7, 11) is 0. The zero-order chi connectivity index (χ0) is 23.3. The van der Waals surface area contributed by atoms with E-state index in [0.29, 0.717) is 0 Å². The minimum absolute atomic E-state index is 0. The van der Waals surface area contributed by atoms with E-state index in [1.54, 1.807) is 0 Å². The summed E-state index contributed by atoms with van der Waals surface area (Å²) in [6, 6.07) is 3.15. The van der Waals surface area contributed by atoms with Crippen LogP contribution in [0.3, 0.4) is 0 Å². The van der Waals surface area contributed by atoms with Crippen LogP contribution in [0.15, 0.2) is 24.3 Å². The number of aromatic hydroxyl groups is 6. The Morgan fingerprint density at radius 1 is 0.875 bits per heavy atom. The molecule has 2 atom stereocenters. The first-order valence-corrected chi connectivity index (χ1v) is 9.27. The molecule has 0 saturated carbocycles. The number of esters is 2. The summed E-state index contributed by atoms with van der Waals surface area (Å²) in [5.74, 6) is -7.24. The molecule has 2 aromatic rings. The van der Waals surface area contributed by atoms with E-state index in [4.69, 9.17) is 9.47 Å². The maximum Gasteiger partial charge on any atom is 0.338 e. The smallest absolute Gasteiger partial charge is 0.338 e. The number of nitrogens with one attached hydrogen (secondary N) is 1. The Balaban J connectivity index is 0.00000512. The van der Waals surface area contributed by atoms with Crippen molar-refractivity contribution < 1.29 is 78.9 Å². The fraction of sp³-hybridized carbons (Fsp3) is 0.176. The van der Waals surface area contributed by atoms with Crippen LogP contribution in [0, 0.1) is 0 Å². The van der Waals surface area contributed by atoms with Crippen molar-refractivity contribution in [2.45, 2.75) is 6.10 Å². The molecular formula is C17H16NO12ReS-. The van der Waals surface area contributed by atoms with Gasteiger partial charge >= 0.3 is 11.9 Å². The first kappa shape index (κ1) is 26.9. The Hall–Kier alpha value is -3.09. The summed E-state index contributed by atoms with van der Waals surface area (Å²) >= 11 is -2.75. The molecule has 2 unspecified atom stereocenters. The molecule has 0 heterocycles. The minimum atomic E-state index is -2.75. The molecule has 2 rings (SSSR count). The molecule has 0 spiro atoms. The second-order valence-electron chi connectivity index (χ2n) is 5.94. The first-order chi connectivity index (χ1) is 14.5. The van der Waals surface area contributed by atoms with Gasteiger partial charge in [-0.3, -0.25) is 4.21 Å². The van der Waals surface area contributed by atoms with E-state index in [1.807, 2.05) is 4.72 Å². The monoisotopic (exact) mass is 645 g/mol. The van der Waals surface area contributed by atoms with E-state index in [9.17, 15) is 49.0 Å². The normalized spacial score (nSPS) is 12.3. The number of phenols is 6. The Morgan fingerprint density at radius 2 is 1.28 bits per heavy atom. The second kappa shape index (κ2) is 11.5. The average molecular weight is 645 g/mol. The van der Waals surface area contributed by atoms with Gasteiger partial charge in [0.05, 0.1) is 11.1 Å². The summed E-state index contributed by atoms with van der Waals surface area (Å²) in [5.41, 5.74) is -0.771. The molecule has 0 fully saturated rings. The Morgan fingerprint density at radius 3 is 1.69 bits per heavy atom. The molecule has 0 aliphatic heterocycles. The summed E-state index contributed by atoms with van der Waals surface area (Å²) in [4.78, 5) is 24.3. The van der Waals surface area contributed by atoms with Crippen LogP contribution in [0.4, 0.5) is 0 Å². The summed E-state index contributed by atoms with van der Waals surface area (Å²) in [6.07, 6.45) is -1.38. The van der Waals surface area contributed by atoms with Gasteiger partial charge in [0.1, 0.15) is 12.7 Å². The van der Waals surface area contributed by atoms with Gasteiger partial charge in [-0.05, 0) is 24.3 Å². The molecule has 0 bridgehead atoms. The molecule has 0 aromatic heterocycles. The van der Waals surface area contributed by atoms with Gasteiger partial charge in [0.2, 0.25) is 0 Å². The van der Waals surface area contributed by atoms with Crippen LogP contribution in [0.5, 0.6) is 34.5 Å². The largest absolute Gasteiger partial charge is 0.760 e. The van der Waals surface area contributed by atoms with Gasteiger partial charge in [0, 0.05) is 38.2 Å². The number of benzene rings is 2. The van der Waals surface area contributed by atoms with Crippen LogP contribution in [0.1, 0.15) is 20.7 Å². The van der Waals surface area contributed by atoms with Gasteiger partial charge in [-0.2, -0.15) is 0 Å². The van der Waals surface area contributed by atoms with Gasteiger partial charge in [-0.25, -0.2) is 14.3 Å². The standard InChI is InChI=1S/C17H17NO12S.Re/c19-10-1-7(2-11(20)14(10)23)16(25)29-6-9(5-18-31(27)28)30-17(26)8-3-12(21)15(24)13(22)4-8;/h1-4,9,18-24H,5-6H2,(H,27,28);/p-1. The zero-order valence-corrected chi connectivity index (χ0v) is 19.3. The third-order valence-electron chi connectivity index (χ3n) is 3.71. The molecule has 0 amide bonds. The van der Waals surface area contributed by atoms with Gasteiger partial charge in [0.15, 0.2) is 34.5 Å². The van der Waals surface area contributed by atoms with Crippen LogP contribution >= 0.6 is 0 Å². The summed E-state index contributed by atoms with van der Waals surface area (Å²) in [5, 5.41) is 56.4. The van der Waals surface area contributed by atoms with E-state index in [1.165, 1.54) is 0 Å². The van der Waals surface area contributed by atoms with Crippen molar-refractivity contribution in [3.8, 4) is 34.5 Å². The number of carbonyl (C=O) groups excluding carboxylic acids is 2. The maximum absolute atomic E-state index is 12.2. The van der Waals surface area contributed by atoms with Crippen LogP contribution in [0.25, 0.3) is 0 Å². The van der Waals surface area contributed by atoms with Crippen molar-refractivity contribution >= 4 is 23.2 Å². The van der Waals surface area contributed by atoms with E-state index >= 15 is 0 Å². The van der Waals surface area contributed by atoms with Crippen LogP contribution < -0.4 is 4.72 Å². The Bertz CT molecular complexity index is 985. The van der Waals surface area contributed by atoms with Crippen LogP contribution in [0.2, 0.25) is 0 Å². The predicted octanol–water partition coefficient (Wildman–Crippen LogP) is -0.316. The number of ether oxygens (including phenoxy) is 2.